The Morgan fingerprint density at radius 3 is 2.37 bits per heavy atom. The third-order valence-corrected chi connectivity index (χ3v) is 4.61. The first-order valence-electron chi connectivity index (χ1n) is 9.21. The van der Waals surface area contributed by atoms with E-state index >= 15 is 0 Å². The van der Waals surface area contributed by atoms with Gasteiger partial charge in [-0.3, -0.25) is 14.4 Å². The Balaban J connectivity index is 1.48. The molecule has 0 aliphatic heterocycles. The zero-order valence-corrected chi connectivity index (χ0v) is 16.9. The fourth-order valence-corrected chi connectivity index (χ4v) is 2.86. The Morgan fingerprint density at radius 2 is 1.70 bits per heavy atom. The average Bonchev–Trinajstić information content (AvgIpc) is 3.28. The van der Waals surface area contributed by atoms with Crippen LogP contribution in [0.2, 0.25) is 5.02 Å². The highest BCUT2D eigenvalue weighted by atomic mass is 35.5. The molecule has 1 aromatic heterocycles. The van der Waals surface area contributed by atoms with Crippen molar-refractivity contribution in [2.75, 3.05) is 5.32 Å². The maximum absolute atomic E-state index is 12.3. The Hall–Kier alpha value is -3.58. The Bertz CT molecular complexity index is 1030. The van der Waals surface area contributed by atoms with Gasteiger partial charge in [0.1, 0.15) is 6.04 Å². The van der Waals surface area contributed by atoms with Crippen LogP contribution in [0.25, 0.3) is 0 Å². The number of carbonyl (C=O) groups is 3. The minimum Gasteiger partial charge on any atom is -0.459 e. The number of amides is 3. The molecule has 1 atom stereocenters. The lowest BCUT2D eigenvalue weighted by atomic mass is 10.2. The van der Waals surface area contributed by atoms with Crippen molar-refractivity contribution in [1.29, 1.82) is 0 Å². The molecule has 7 nitrogen and oxygen atoms in total. The van der Waals surface area contributed by atoms with Gasteiger partial charge in [-0.1, -0.05) is 35.9 Å². The first kappa shape index (κ1) is 21.1. The van der Waals surface area contributed by atoms with Crippen LogP contribution in [0, 0.1) is 0 Å². The van der Waals surface area contributed by atoms with Crippen LogP contribution < -0.4 is 16.0 Å². The molecule has 2 aromatic carbocycles. The van der Waals surface area contributed by atoms with Gasteiger partial charge in [-0.05, 0) is 48.9 Å². The summed E-state index contributed by atoms with van der Waals surface area (Å²) < 4.78 is 5.04. The fraction of sp³-hybridized carbons (Fsp3) is 0.136. The highest BCUT2D eigenvalue weighted by Crippen LogP contribution is 2.15. The molecule has 3 rings (SSSR count). The first-order chi connectivity index (χ1) is 14.4. The van der Waals surface area contributed by atoms with Gasteiger partial charge in [-0.15, -0.1) is 0 Å². The van der Waals surface area contributed by atoms with Gasteiger partial charge in [0.15, 0.2) is 5.76 Å². The van der Waals surface area contributed by atoms with Crippen molar-refractivity contribution in [1.82, 2.24) is 10.6 Å². The first-order valence-corrected chi connectivity index (χ1v) is 9.59. The summed E-state index contributed by atoms with van der Waals surface area (Å²) in [5, 5.41) is 8.43. The summed E-state index contributed by atoms with van der Waals surface area (Å²) in [7, 11) is 0. The SMILES string of the molecule is CC(NC(=O)c1ccccc1Cl)C(=O)NCc1ccc(NC(=O)c2ccco2)cc1. The zero-order chi connectivity index (χ0) is 21.5. The molecule has 0 spiro atoms. The van der Waals surface area contributed by atoms with Crippen molar-refractivity contribution >= 4 is 35.0 Å². The number of hydrogen-bond donors (Lipinski definition) is 3. The molecular formula is C22H20ClN3O4. The highest BCUT2D eigenvalue weighted by Gasteiger charge is 2.18. The largest absolute Gasteiger partial charge is 0.459 e. The molecule has 1 unspecified atom stereocenters. The van der Waals surface area contributed by atoms with Crippen molar-refractivity contribution in [2.45, 2.75) is 19.5 Å². The fourth-order valence-electron chi connectivity index (χ4n) is 2.63. The summed E-state index contributed by atoms with van der Waals surface area (Å²) in [5.41, 5.74) is 1.75. The van der Waals surface area contributed by atoms with Crippen LogP contribution in [0.1, 0.15) is 33.4 Å². The van der Waals surface area contributed by atoms with E-state index in [4.69, 9.17) is 16.0 Å². The third-order valence-electron chi connectivity index (χ3n) is 4.28. The minimum absolute atomic E-state index is 0.221. The van der Waals surface area contributed by atoms with Gasteiger partial charge in [0, 0.05) is 12.2 Å². The minimum atomic E-state index is -0.736. The smallest absolute Gasteiger partial charge is 0.291 e. The van der Waals surface area contributed by atoms with Crippen LogP contribution in [0.4, 0.5) is 5.69 Å². The summed E-state index contributed by atoms with van der Waals surface area (Å²) in [6.45, 7) is 1.87. The van der Waals surface area contributed by atoms with Gasteiger partial charge in [0.05, 0.1) is 16.8 Å². The standard InChI is InChI=1S/C22H20ClN3O4/c1-14(25-21(28)17-5-2-3-6-18(17)23)20(27)24-13-15-8-10-16(11-9-15)26-22(29)19-7-4-12-30-19/h2-12,14H,13H2,1H3,(H,24,27)(H,25,28)(H,26,29). The normalized spacial score (nSPS) is 11.4. The van der Waals surface area contributed by atoms with Crippen LogP contribution in [0.5, 0.6) is 0 Å². The van der Waals surface area contributed by atoms with Gasteiger partial charge < -0.3 is 20.4 Å². The second kappa shape index (κ2) is 9.76. The molecule has 0 aliphatic carbocycles. The Labute approximate surface area is 178 Å². The van der Waals surface area contributed by atoms with Crippen molar-refractivity contribution in [3.05, 3.63) is 88.8 Å². The van der Waals surface area contributed by atoms with E-state index in [0.29, 0.717) is 16.3 Å². The maximum Gasteiger partial charge on any atom is 0.291 e. The monoisotopic (exact) mass is 425 g/mol. The van der Waals surface area contributed by atoms with E-state index in [1.54, 1.807) is 67.6 Å². The number of nitrogens with one attached hydrogen (secondary N) is 3. The lowest BCUT2D eigenvalue weighted by Gasteiger charge is -2.15. The van der Waals surface area contributed by atoms with E-state index in [-0.39, 0.29) is 24.1 Å². The number of carbonyl (C=O) groups excluding carboxylic acids is 3. The van der Waals surface area contributed by atoms with Gasteiger partial charge in [0.25, 0.3) is 11.8 Å². The predicted octanol–water partition coefficient (Wildman–Crippen LogP) is 3.62. The van der Waals surface area contributed by atoms with E-state index < -0.39 is 11.9 Å². The summed E-state index contributed by atoms with van der Waals surface area (Å²) in [6.07, 6.45) is 1.43. The number of halogens is 1. The van der Waals surface area contributed by atoms with Crippen molar-refractivity contribution < 1.29 is 18.8 Å². The zero-order valence-electron chi connectivity index (χ0n) is 16.1. The molecule has 30 heavy (non-hydrogen) atoms. The maximum atomic E-state index is 12.3. The van der Waals surface area contributed by atoms with Crippen LogP contribution in [-0.2, 0) is 11.3 Å². The molecule has 0 radical (unpaired) electrons. The topological polar surface area (TPSA) is 100 Å². The van der Waals surface area contributed by atoms with Crippen LogP contribution in [0.3, 0.4) is 0 Å². The number of benzene rings is 2. The molecule has 154 valence electrons. The Kier molecular flexibility index (Phi) is 6.87. The molecular weight excluding hydrogens is 406 g/mol. The molecule has 3 N–H and O–H groups in total. The molecule has 0 saturated heterocycles. The number of rotatable bonds is 7. The number of anilines is 1. The van der Waals surface area contributed by atoms with E-state index in [0.717, 1.165) is 5.56 Å². The predicted molar refractivity (Wildman–Crippen MR) is 113 cm³/mol. The van der Waals surface area contributed by atoms with Crippen LogP contribution in [-0.4, -0.2) is 23.8 Å². The van der Waals surface area contributed by atoms with Crippen molar-refractivity contribution in [3.8, 4) is 0 Å². The molecule has 0 fully saturated rings. The van der Waals surface area contributed by atoms with E-state index in [2.05, 4.69) is 16.0 Å². The molecule has 0 saturated carbocycles. The van der Waals surface area contributed by atoms with Crippen LogP contribution >= 0.6 is 11.6 Å². The van der Waals surface area contributed by atoms with Gasteiger partial charge in [-0.25, -0.2) is 0 Å². The molecule has 3 amide bonds. The quantitative estimate of drug-likeness (QED) is 0.538. The van der Waals surface area contributed by atoms with Crippen molar-refractivity contribution in [2.24, 2.45) is 0 Å². The highest BCUT2D eigenvalue weighted by molar-refractivity contribution is 6.33. The number of furan rings is 1. The van der Waals surface area contributed by atoms with Crippen LogP contribution in [0.15, 0.2) is 71.3 Å². The van der Waals surface area contributed by atoms with Gasteiger partial charge in [0.2, 0.25) is 5.91 Å². The summed E-state index contributed by atoms with van der Waals surface area (Å²) >= 11 is 6.00. The van der Waals surface area contributed by atoms with Gasteiger partial charge in [-0.2, -0.15) is 0 Å². The molecule has 1 heterocycles. The molecule has 0 aliphatic rings. The lowest BCUT2D eigenvalue weighted by Crippen LogP contribution is -2.44. The van der Waals surface area contributed by atoms with Gasteiger partial charge >= 0.3 is 0 Å². The summed E-state index contributed by atoms with van der Waals surface area (Å²) in [4.78, 5) is 36.5. The van der Waals surface area contributed by atoms with E-state index in [9.17, 15) is 14.4 Å². The molecule has 3 aromatic rings. The van der Waals surface area contributed by atoms with Crippen molar-refractivity contribution in [3.63, 3.8) is 0 Å². The third kappa shape index (κ3) is 5.48. The summed E-state index contributed by atoms with van der Waals surface area (Å²) in [6, 6.07) is 16.1. The molecule has 8 heteroatoms. The number of hydrogen-bond acceptors (Lipinski definition) is 4. The molecule has 0 bridgehead atoms. The van der Waals surface area contributed by atoms with E-state index in [1.165, 1.54) is 6.26 Å². The Morgan fingerprint density at radius 1 is 0.967 bits per heavy atom. The summed E-state index contributed by atoms with van der Waals surface area (Å²) in [5.74, 6) is -0.867. The van der Waals surface area contributed by atoms with E-state index in [1.807, 2.05) is 0 Å². The second-order valence-electron chi connectivity index (χ2n) is 6.52. The second-order valence-corrected chi connectivity index (χ2v) is 6.93. The lowest BCUT2D eigenvalue weighted by molar-refractivity contribution is -0.122. The average molecular weight is 426 g/mol.